The van der Waals surface area contributed by atoms with Crippen molar-refractivity contribution in [2.24, 2.45) is 0 Å². The number of hydrogen-bond donors (Lipinski definition) is 0. The fraction of sp³-hybridized carbons (Fsp3) is 0.133. The smallest absolute Gasteiger partial charge is 0.406 e. The quantitative estimate of drug-likeness (QED) is 0.665. The zero-order valence-electron chi connectivity index (χ0n) is 12.0. The van der Waals surface area contributed by atoms with Gasteiger partial charge in [-0.1, -0.05) is 28.1 Å². The van der Waals surface area contributed by atoms with Gasteiger partial charge in [0.1, 0.15) is 5.75 Å². The van der Waals surface area contributed by atoms with E-state index >= 15 is 0 Å². The van der Waals surface area contributed by atoms with Gasteiger partial charge < -0.3 is 4.74 Å². The van der Waals surface area contributed by atoms with Gasteiger partial charge >= 0.3 is 6.36 Å². The molecule has 5 nitrogen and oxygen atoms in total. The van der Waals surface area contributed by atoms with Crippen LogP contribution < -0.4 is 4.74 Å². The number of alkyl halides is 3. The molecule has 0 aliphatic carbocycles. The highest BCUT2D eigenvalue weighted by Gasteiger charge is 2.30. The lowest BCUT2D eigenvalue weighted by atomic mass is 10.2. The lowest BCUT2D eigenvalue weighted by molar-refractivity contribution is -0.274. The molecular formula is C15H10BrF3N4O. The average Bonchev–Trinajstić information content (AvgIpc) is 2.97. The van der Waals surface area contributed by atoms with E-state index in [1.807, 2.05) is 24.3 Å². The lowest BCUT2D eigenvalue weighted by Gasteiger charge is -2.08. The second kappa shape index (κ2) is 6.60. The second-order valence-corrected chi connectivity index (χ2v) is 5.76. The lowest BCUT2D eigenvalue weighted by Crippen LogP contribution is -2.17. The Hall–Kier alpha value is -2.42. The van der Waals surface area contributed by atoms with E-state index in [4.69, 9.17) is 0 Å². The van der Waals surface area contributed by atoms with Gasteiger partial charge in [-0.15, -0.1) is 23.4 Å². The van der Waals surface area contributed by atoms with E-state index in [1.54, 1.807) is 0 Å². The van der Waals surface area contributed by atoms with Crippen LogP contribution in [0.3, 0.4) is 0 Å². The summed E-state index contributed by atoms with van der Waals surface area (Å²) in [5, 5.41) is 12.2. The van der Waals surface area contributed by atoms with Crippen molar-refractivity contribution in [2.45, 2.75) is 12.9 Å². The van der Waals surface area contributed by atoms with E-state index < -0.39 is 6.36 Å². The van der Waals surface area contributed by atoms with Crippen LogP contribution in [0.1, 0.15) is 5.56 Å². The fourth-order valence-electron chi connectivity index (χ4n) is 1.98. The van der Waals surface area contributed by atoms with E-state index in [0.717, 1.165) is 15.6 Å². The van der Waals surface area contributed by atoms with E-state index in [0.29, 0.717) is 5.82 Å². The zero-order valence-corrected chi connectivity index (χ0v) is 13.6. The van der Waals surface area contributed by atoms with Crippen LogP contribution in [-0.2, 0) is 6.54 Å². The molecular weight excluding hydrogens is 389 g/mol. The SMILES string of the molecule is FC(F)(F)Oc1ccc(Cn2nnc(-c3ccc(Br)cc3)n2)cc1. The molecule has 0 amide bonds. The third-order valence-corrected chi connectivity index (χ3v) is 3.56. The molecule has 0 fully saturated rings. The van der Waals surface area contributed by atoms with Crippen LogP contribution in [0.25, 0.3) is 11.4 Å². The van der Waals surface area contributed by atoms with E-state index in [1.165, 1.54) is 29.1 Å². The van der Waals surface area contributed by atoms with Crippen molar-refractivity contribution in [3.8, 4) is 17.1 Å². The van der Waals surface area contributed by atoms with Crippen molar-refractivity contribution in [1.29, 1.82) is 0 Å². The molecule has 0 radical (unpaired) electrons. The van der Waals surface area contributed by atoms with Gasteiger partial charge in [0.25, 0.3) is 0 Å². The van der Waals surface area contributed by atoms with Gasteiger partial charge in [-0.2, -0.15) is 4.80 Å². The molecule has 3 rings (SSSR count). The molecule has 1 aromatic heterocycles. The first-order chi connectivity index (χ1) is 11.4. The van der Waals surface area contributed by atoms with E-state index in [2.05, 4.69) is 36.1 Å². The number of rotatable bonds is 4. The maximum absolute atomic E-state index is 12.1. The third-order valence-electron chi connectivity index (χ3n) is 3.04. The summed E-state index contributed by atoms with van der Waals surface area (Å²) in [6, 6.07) is 13.0. The zero-order chi connectivity index (χ0) is 17.2. The third kappa shape index (κ3) is 4.31. The van der Waals surface area contributed by atoms with Crippen LogP contribution in [0.4, 0.5) is 13.2 Å². The van der Waals surface area contributed by atoms with Crippen molar-refractivity contribution in [1.82, 2.24) is 20.2 Å². The molecule has 0 saturated heterocycles. The summed E-state index contributed by atoms with van der Waals surface area (Å²) in [7, 11) is 0. The van der Waals surface area contributed by atoms with Gasteiger partial charge in [-0.25, -0.2) is 0 Å². The Kier molecular flexibility index (Phi) is 4.52. The minimum Gasteiger partial charge on any atom is -0.406 e. The predicted molar refractivity (Wildman–Crippen MR) is 83.2 cm³/mol. The largest absolute Gasteiger partial charge is 0.573 e. The summed E-state index contributed by atoms with van der Waals surface area (Å²) < 4.78 is 41.1. The summed E-state index contributed by atoms with van der Waals surface area (Å²) in [5.74, 6) is 0.202. The second-order valence-electron chi connectivity index (χ2n) is 4.84. The van der Waals surface area contributed by atoms with Gasteiger partial charge in [0, 0.05) is 10.0 Å². The number of hydrogen-bond acceptors (Lipinski definition) is 4. The molecule has 9 heteroatoms. The van der Waals surface area contributed by atoms with Crippen LogP contribution in [0.15, 0.2) is 53.0 Å². The van der Waals surface area contributed by atoms with Gasteiger partial charge in [0.2, 0.25) is 5.82 Å². The van der Waals surface area contributed by atoms with Crippen LogP contribution in [0, 0.1) is 0 Å². The molecule has 3 aromatic rings. The van der Waals surface area contributed by atoms with Crippen molar-refractivity contribution >= 4 is 15.9 Å². The maximum Gasteiger partial charge on any atom is 0.573 e. The number of nitrogens with zero attached hydrogens (tertiary/aromatic N) is 4. The van der Waals surface area contributed by atoms with Gasteiger partial charge in [-0.3, -0.25) is 0 Å². The Labute approximate surface area is 143 Å². The molecule has 124 valence electrons. The Bertz CT molecular complexity index is 816. The molecule has 0 N–H and O–H groups in total. The topological polar surface area (TPSA) is 52.8 Å². The molecule has 2 aromatic carbocycles. The van der Waals surface area contributed by atoms with Gasteiger partial charge in [-0.05, 0) is 47.2 Å². The number of ether oxygens (including phenoxy) is 1. The maximum atomic E-state index is 12.1. The molecule has 0 bridgehead atoms. The monoisotopic (exact) mass is 398 g/mol. The summed E-state index contributed by atoms with van der Waals surface area (Å²) in [4.78, 5) is 1.37. The molecule has 0 spiro atoms. The van der Waals surface area contributed by atoms with E-state index in [9.17, 15) is 13.2 Å². The molecule has 0 aliphatic heterocycles. The molecule has 0 saturated carbocycles. The van der Waals surface area contributed by atoms with Crippen molar-refractivity contribution in [2.75, 3.05) is 0 Å². The number of benzene rings is 2. The Morgan fingerprint density at radius 2 is 1.67 bits per heavy atom. The van der Waals surface area contributed by atoms with Crippen LogP contribution in [0.5, 0.6) is 5.75 Å². The van der Waals surface area contributed by atoms with Crippen LogP contribution >= 0.6 is 15.9 Å². The van der Waals surface area contributed by atoms with Crippen LogP contribution in [-0.4, -0.2) is 26.6 Å². The molecule has 24 heavy (non-hydrogen) atoms. The first-order valence-corrected chi connectivity index (χ1v) is 7.57. The predicted octanol–water partition coefficient (Wildman–Crippen LogP) is 4.05. The minimum absolute atomic E-state index is 0.270. The Morgan fingerprint density at radius 3 is 2.29 bits per heavy atom. The molecule has 0 aliphatic rings. The first-order valence-electron chi connectivity index (χ1n) is 6.77. The standard InChI is InChI=1S/C15H10BrF3N4O/c16-12-5-3-11(4-6-12)14-20-22-23(21-14)9-10-1-7-13(8-2-10)24-15(17,18)19/h1-8H,9H2. The van der Waals surface area contributed by atoms with E-state index in [-0.39, 0.29) is 12.3 Å². The Balaban J connectivity index is 1.69. The number of aromatic nitrogens is 4. The van der Waals surface area contributed by atoms with Gasteiger partial charge in [0.05, 0.1) is 6.54 Å². The summed E-state index contributed by atoms with van der Waals surface area (Å²) in [6.07, 6.45) is -4.70. The minimum atomic E-state index is -4.70. The average molecular weight is 399 g/mol. The highest BCUT2D eigenvalue weighted by atomic mass is 79.9. The Morgan fingerprint density at radius 1 is 1.00 bits per heavy atom. The van der Waals surface area contributed by atoms with Crippen LogP contribution in [0.2, 0.25) is 0 Å². The number of tetrazole rings is 1. The van der Waals surface area contributed by atoms with Crippen molar-refractivity contribution in [3.63, 3.8) is 0 Å². The first kappa shape index (κ1) is 16.4. The summed E-state index contributed by atoms with van der Waals surface area (Å²) in [5.41, 5.74) is 1.54. The fourth-order valence-corrected chi connectivity index (χ4v) is 2.25. The summed E-state index contributed by atoms with van der Waals surface area (Å²) >= 11 is 3.35. The van der Waals surface area contributed by atoms with Crippen molar-refractivity contribution < 1.29 is 17.9 Å². The highest BCUT2D eigenvalue weighted by Crippen LogP contribution is 2.23. The highest BCUT2D eigenvalue weighted by molar-refractivity contribution is 9.10. The molecule has 1 heterocycles. The van der Waals surface area contributed by atoms with Crippen molar-refractivity contribution in [3.05, 3.63) is 58.6 Å². The normalized spacial score (nSPS) is 11.5. The molecule has 0 unspecified atom stereocenters. The summed E-state index contributed by atoms with van der Waals surface area (Å²) in [6.45, 7) is 0.288. The van der Waals surface area contributed by atoms with Gasteiger partial charge in [0.15, 0.2) is 0 Å². The number of halogens is 4. The molecule has 0 atom stereocenters.